The van der Waals surface area contributed by atoms with Crippen LogP contribution in [0, 0.1) is 0 Å². The van der Waals surface area contributed by atoms with Gasteiger partial charge in [-0.15, -0.1) is 0 Å². The van der Waals surface area contributed by atoms with E-state index >= 15 is 0 Å². The molecule has 18 heavy (non-hydrogen) atoms. The molecule has 2 N–H and O–H groups in total. The highest BCUT2D eigenvalue weighted by Crippen LogP contribution is 2.19. The van der Waals surface area contributed by atoms with Crippen molar-refractivity contribution < 1.29 is 4.74 Å². The van der Waals surface area contributed by atoms with Crippen LogP contribution in [0.3, 0.4) is 0 Å². The minimum atomic E-state index is -0.0185. The van der Waals surface area contributed by atoms with Gasteiger partial charge in [-0.3, -0.25) is 4.98 Å². The van der Waals surface area contributed by atoms with E-state index in [1.807, 2.05) is 19.2 Å². The number of nitrogens with zero attached hydrogens (tertiary/aromatic N) is 2. The van der Waals surface area contributed by atoms with E-state index in [0.29, 0.717) is 6.04 Å². The first-order valence-electron chi connectivity index (χ1n) is 6.57. The summed E-state index contributed by atoms with van der Waals surface area (Å²) in [6.45, 7) is 7.95. The van der Waals surface area contributed by atoms with Crippen LogP contribution in [0.2, 0.25) is 0 Å². The average Bonchev–Trinajstić information content (AvgIpc) is 2.39. The van der Waals surface area contributed by atoms with Gasteiger partial charge < -0.3 is 15.4 Å². The lowest BCUT2D eigenvalue weighted by atomic mass is 10.1. The van der Waals surface area contributed by atoms with Gasteiger partial charge in [-0.2, -0.15) is 0 Å². The molecule has 0 amide bonds. The molecule has 1 aromatic heterocycles. The molecule has 0 fully saturated rings. The third-order valence-corrected chi connectivity index (χ3v) is 3.23. The molecule has 0 aliphatic carbocycles. The minimum absolute atomic E-state index is 0.0185. The van der Waals surface area contributed by atoms with Crippen LogP contribution in [0.1, 0.15) is 38.9 Å². The van der Waals surface area contributed by atoms with E-state index in [9.17, 15) is 0 Å². The van der Waals surface area contributed by atoms with Gasteiger partial charge in [-0.25, -0.2) is 0 Å². The van der Waals surface area contributed by atoms with Gasteiger partial charge in [-0.1, -0.05) is 6.92 Å². The van der Waals surface area contributed by atoms with E-state index in [1.54, 1.807) is 7.11 Å². The summed E-state index contributed by atoms with van der Waals surface area (Å²) in [4.78, 5) is 6.74. The second-order valence-corrected chi connectivity index (χ2v) is 4.67. The molecule has 1 unspecified atom stereocenters. The van der Waals surface area contributed by atoms with E-state index in [0.717, 1.165) is 31.0 Å². The molecule has 0 spiro atoms. The Morgan fingerprint density at radius 1 is 1.39 bits per heavy atom. The average molecular weight is 251 g/mol. The summed E-state index contributed by atoms with van der Waals surface area (Å²) in [7, 11) is 1.73. The van der Waals surface area contributed by atoms with E-state index in [2.05, 4.69) is 29.8 Å². The monoisotopic (exact) mass is 251 g/mol. The summed E-state index contributed by atoms with van der Waals surface area (Å²) < 4.78 is 5.17. The number of pyridine rings is 1. The lowest BCUT2D eigenvalue weighted by Crippen LogP contribution is -2.35. The van der Waals surface area contributed by atoms with E-state index in [4.69, 9.17) is 10.5 Å². The zero-order chi connectivity index (χ0) is 13.5. The summed E-state index contributed by atoms with van der Waals surface area (Å²) in [6.07, 6.45) is 3.00. The molecular formula is C14H25N3O. The van der Waals surface area contributed by atoms with Gasteiger partial charge >= 0.3 is 0 Å². The van der Waals surface area contributed by atoms with Crippen molar-refractivity contribution in [3.05, 3.63) is 24.0 Å². The number of aromatic nitrogens is 1. The van der Waals surface area contributed by atoms with Crippen molar-refractivity contribution >= 4 is 5.69 Å². The quantitative estimate of drug-likeness (QED) is 0.808. The molecule has 102 valence electrons. The number of methoxy groups -OCH3 is 1. The van der Waals surface area contributed by atoms with Crippen LogP contribution in [0.5, 0.6) is 0 Å². The Morgan fingerprint density at radius 2 is 2.11 bits per heavy atom. The fraction of sp³-hybridized carbons (Fsp3) is 0.643. The smallest absolute Gasteiger partial charge is 0.0637 e. The molecule has 0 aliphatic rings. The lowest BCUT2D eigenvalue weighted by Gasteiger charge is -2.30. The van der Waals surface area contributed by atoms with Crippen LogP contribution < -0.4 is 10.6 Å². The second-order valence-electron chi connectivity index (χ2n) is 4.67. The second kappa shape index (κ2) is 7.34. The molecule has 0 bridgehead atoms. The fourth-order valence-electron chi connectivity index (χ4n) is 1.85. The van der Waals surface area contributed by atoms with Crippen LogP contribution >= 0.6 is 0 Å². The fourth-order valence-corrected chi connectivity index (χ4v) is 1.85. The highest BCUT2D eigenvalue weighted by molar-refractivity contribution is 5.45. The van der Waals surface area contributed by atoms with Crippen molar-refractivity contribution in [1.29, 1.82) is 0 Å². The lowest BCUT2D eigenvalue weighted by molar-refractivity contribution is 0.203. The van der Waals surface area contributed by atoms with Crippen LogP contribution in [-0.2, 0) is 4.74 Å². The van der Waals surface area contributed by atoms with Crippen LogP contribution in [0.15, 0.2) is 18.3 Å². The normalized spacial score (nSPS) is 14.3. The van der Waals surface area contributed by atoms with Crippen molar-refractivity contribution in [3.8, 4) is 0 Å². The van der Waals surface area contributed by atoms with Gasteiger partial charge in [0.15, 0.2) is 0 Å². The molecule has 4 heteroatoms. The maximum Gasteiger partial charge on any atom is 0.0637 e. The number of rotatable bonds is 7. The standard InChI is InChI=1S/C14H25N3O/c1-5-11(2)17(8-9-18-4)13-6-7-14(12(3)15)16-10-13/h6-7,10-12H,5,8-9,15H2,1-4H3/t11?,12-/m1/s1. The predicted molar refractivity (Wildman–Crippen MR) is 75.8 cm³/mol. The molecule has 2 atom stereocenters. The molecule has 0 saturated heterocycles. The van der Waals surface area contributed by atoms with Crippen LogP contribution in [0.25, 0.3) is 0 Å². The molecule has 1 aromatic rings. The molecule has 0 radical (unpaired) electrons. The van der Waals surface area contributed by atoms with Gasteiger partial charge in [0.05, 0.1) is 24.2 Å². The highest BCUT2D eigenvalue weighted by atomic mass is 16.5. The summed E-state index contributed by atoms with van der Waals surface area (Å²) in [5.74, 6) is 0. The Bertz CT molecular complexity index is 337. The Kier molecular flexibility index (Phi) is 6.09. The summed E-state index contributed by atoms with van der Waals surface area (Å²) in [6, 6.07) is 4.55. The Balaban J connectivity index is 2.83. The summed E-state index contributed by atoms with van der Waals surface area (Å²) in [5, 5.41) is 0. The van der Waals surface area contributed by atoms with Gasteiger partial charge in [0.1, 0.15) is 0 Å². The number of hydrogen-bond donors (Lipinski definition) is 1. The van der Waals surface area contributed by atoms with Crippen molar-refractivity contribution in [2.45, 2.75) is 39.3 Å². The van der Waals surface area contributed by atoms with E-state index in [1.165, 1.54) is 0 Å². The SMILES string of the molecule is CCC(C)N(CCOC)c1ccc([C@@H](C)N)nc1. The van der Waals surface area contributed by atoms with E-state index < -0.39 is 0 Å². The van der Waals surface area contributed by atoms with Gasteiger partial charge in [0, 0.05) is 25.7 Å². The van der Waals surface area contributed by atoms with Crippen molar-refractivity contribution in [3.63, 3.8) is 0 Å². The molecule has 0 saturated carbocycles. The third kappa shape index (κ3) is 3.96. The minimum Gasteiger partial charge on any atom is -0.383 e. The predicted octanol–water partition coefficient (Wildman–Crippen LogP) is 2.35. The van der Waals surface area contributed by atoms with Crippen molar-refractivity contribution in [2.24, 2.45) is 5.73 Å². The zero-order valence-electron chi connectivity index (χ0n) is 11.9. The zero-order valence-corrected chi connectivity index (χ0v) is 11.9. The first-order valence-corrected chi connectivity index (χ1v) is 6.57. The Morgan fingerprint density at radius 3 is 2.56 bits per heavy atom. The third-order valence-electron chi connectivity index (χ3n) is 3.23. The number of hydrogen-bond acceptors (Lipinski definition) is 4. The van der Waals surface area contributed by atoms with Gasteiger partial charge in [0.25, 0.3) is 0 Å². The largest absolute Gasteiger partial charge is 0.383 e. The highest BCUT2D eigenvalue weighted by Gasteiger charge is 2.13. The number of ether oxygens (including phenoxy) is 1. The topological polar surface area (TPSA) is 51.4 Å². The van der Waals surface area contributed by atoms with Crippen molar-refractivity contribution in [1.82, 2.24) is 4.98 Å². The first-order chi connectivity index (χ1) is 8.60. The number of anilines is 1. The molecule has 4 nitrogen and oxygen atoms in total. The van der Waals surface area contributed by atoms with Crippen molar-refractivity contribution in [2.75, 3.05) is 25.2 Å². The molecular weight excluding hydrogens is 226 g/mol. The Labute approximate surface area is 110 Å². The summed E-state index contributed by atoms with van der Waals surface area (Å²) >= 11 is 0. The first kappa shape index (κ1) is 14.9. The Hall–Kier alpha value is -1.13. The maximum atomic E-state index is 5.81. The van der Waals surface area contributed by atoms with Crippen LogP contribution in [0.4, 0.5) is 5.69 Å². The number of nitrogens with two attached hydrogens (primary N) is 1. The molecule has 1 heterocycles. The maximum absolute atomic E-state index is 5.81. The van der Waals surface area contributed by atoms with Gasteiger partial charge in [-0.05, 0) is 32.4 Å². The molecule has 0 aromatic carbocycles. The van der Waals surface area contributed by atoms with E-state index in [-0.39, 0.29) is 6.04 Å². The molecule has 0 aliphatic heterocycles. The summed E-state index contributed by atoms with van der Waals surface area (Å²) in [5.41, 5.74) is 7.87. The van der Waals surface area contributed by atoms with Crippen LogP contribution in [-0.4, -0.2) is 31.3 Å². The van der Waals surface area contributed by atoms with Gasteiger partial charge in [0.2, 0.25) is 0 Å². The molecule has 1 rings (SSSR count).